The number of thiazole rings is 1. The highest BCUT2D eigenvalue weighted by atomic mass is 32.1. The Hall–Kier alpha value is -2.86. The second-order valence-electron chi connectivity index (χ2n) is 5.68. The molecule has 0 amide bonds. The van der Waals surface area contributed by atoms with Crippen LogP contribution in [0.4, 0.5) is 4.39 Å². The van der Waals surface area contributed by atoms with Crippen molar-refractivity contribution in [2.45, 2.75) is 13.5 Å². The molecule has 25 heavy (non-hydrogen) atoms. The van der Waals surface area contributed by atoms with Crippen molar-refractivity contribution in [3.05, 3.63) is 81.3 Å². The molecule has 0 saturated heterocycles. The molecule has 2 aromatic carbocycles. The first-order chi connectivity index (χ1) is 12.1. The molecule has 4 rings (SSSR count). The van der Waals surface area contributed by atoms with E-state index in [1.807, 2.05) is 37.3 Å². The monoisotopic (exact) mass is 351 g/mol. The van der Waals surface area contributed by atoms with Crippen LogP contribution in [-0.4, -0.2) is 14.8 Å². The predicted molar refractivity (Wildman–Crippen MR) is 97.4 cm³/mol. The van der Waals surface area contributed by atoms with Crippen LogP contribution < -0.4 is 5.56 Å². The Kier molecular flexibility index (Phi) is 3.89. The van der Waals surface area contributed by atoms with Gasteiger partial charge in [0.25, 0.3) is 5.56 Å². The van der Waals surface area contributed by atoms with Crippen LogP contribution in [0.5, 0.6) is 0 Å². The summed E-state index contributed by atoms with van der Waals surface area (Å²) < 4.78 is 16.0. The first-order valence-electron chi connectivity index (χ1n) is 7.80. The van der Waals surface area contributed by atoms with E-state index in [4.69, 9.17) is 0 Å². The quantitative estimate of drug-likeness (QED) is 0.560. The minimum atomic E-state index is -0.355. The van der Waals surface area contributed by atoms with Gasteiger partial charge in [-0.2, -0.15) is 5.10 Å². The van der Waals surface area contributed by atoms with Crippen molar-refractivity contribution in [1.29, 1.82) is 0 Å². The van der Waals surface area contributed by atoms with Gasteiger partial charge in [-0.05, 0) is 13.0 Å². The number of aryl methyl sites for hydroxylation is 1. The van der Waals surface area contributed by atoms with Gasteiger partial charge in [0.05, 0.1) is 16.3 Å². The van der Waals surface area contributed by atoms with Gasteiger partial charge in [0.2, 0.25) is 0 Å². The molecule has 124 valence electrons. The first-order valence-corrected chi connectivity index (χ1v) is 8.62. The zero-order chi connectivity index (χ0) is 17.4. The SMILES string of the molecule is Cc1nc2c(=O)n(Cc3ccccc3F)nc(-c3ccccc3)c2s1. The Bertz CT molecular complexity index is 1120. The maximum Gasteiger partial charge on any atom is 0.294 e. The van der Waals surface area contributed by atoms with E-state index >= 15 is 0 Å². The smallest absolute Gasteiger partial charge is 0.265 e. The minimum absolute atomic E-state index is 0.0673. The van der Waals surface area contributed by atoms with Crippen LogP contribution in [0, 0.1) is 12.7 Å². The summed E-state index contributed by atoms with van der Waals surface area (Å²) in [6, 6.07) is 16.0. The van der Waals surface area contributed by atoms with Crippen LogP contribution in [0.2, 0.25) is 0 Å². The summed E-state index contributed by atoms with van der Waals surface area (Å²) in [5.41, 5.74) is 2.09. The standard InChI is InChI=1S/C19H14FN3OS/c1-12-21-17-18(25-12)16(13-7-3-2-4-8-13)22-23(19(17)24)11-14-9-5-6-10-15(14)20/h2-10H,11H2,1H3. The van der Waals surface area contributed by atoms with E-state index in [-0.39, 0.29) is 17.9 Å². The second kappa shape index (κ2) is 6.22. The lowest BCUT2D eigenvalue weighted by atomic mass is 10.1. The van der Waals surface area contributed by atoms with Crippen molar-refractivity contribution in [3.63, 3.8) is 0 Å². The zero-order valence-electron chi connectivity index (χ0n) is 13.4. The molecular weight excluding hydrogens is 337 g/mol. The van der Waals surface area contributed by atoms with Crippen LogP contribution in [0.1, 0.15) is 10.6 Å². The van der Waals surface area contributed by atoms with Gasteiger partial charge in [0.1, 0.15) is 11.5 Å². The van der Waals surface area contributed by atoms with E-state index in [1.165, 1.54) is 22.1 Å². The van der Waals surface area contributed by atoms with Gasteiger partial charge < -0.3 is 0 Å². The Morgan fingerprint density at radius 3 is 2.56 bits per heavy atom. The predicted octanol–water partition coefficient (Wildman–Crippen LogP) is 4.02. The Morgan fingerprint density at radius 2 is 1.80 bits per heavy atom. The Balaban J connectivity index is 1.95. The summed E-state index contributed by atoms with van der Waals surface area (Å²) in [6.07, 6.45) is 0. The van der Waals surface area contributed by atoms with Gasteiger partial charge >= 0.3 is 0 Å². The molecule has 0 spiro atoms. The molecule has 4 aromatic rings. The maximum absolute atomic E-state index is 14.0. The van der Waals surface area contributed by atoms with Gasteiger partial charge in [-0.3, -0.25) is 4.79 Å². The lowest BCUT2D eigenvalue weighted by molar-refractivity contribution is 0.576. The maximum atomic E-state index is 14.0. The van der Waals surface area contributed by atoms with Gasteiger partial charge in [-0.15, -0.1) is 11.3 Å². The van der Waals surface area contributed by atoms with Crippen molar-refractivity contribution in [2.75, 3.05) is 0 Å². The van der Waals surface area contributed by atoms with E-state index in [0.29, 0.717) is 16.8 Å². The highest BCUT2D eigenvalue weighted by molar-refractivity contribution is 7.19. The first kappa shape index (κ1) is 15.7. The van der Waals surface area contributed by atoms with Gasteiger partial charge in [0, 0.05) is 11.1 Å². The average molecular weight is 351 g/mol. The summed E-state index contributed by atoms with van der Waals surface area (Å²) in [7, 11) is 0. The molecule has 0 N–H and O–H groups in total. The van der Waals surface area contributed by atoms with Crippen molar-refractivity contribution >= 4 is 21.6 Å². The van der Waals surface area contributed by atoms with E-state index in [2.05, 4.69) is 10.1 Å². The molecular formula is C19H14FN3OS. The molecule has 0 unspecified atom stereocenters. The second-order valence-corrected chi connectivity index (χ2v) is 6.88. The van der Waals surface area contributed by atoms with Crippen molar-refractivity contribution in [2.24, 2.45) is 0 Å². The number of benzene rings is 2. The Morgan fingerprint density at radius 1 is 1.08 bits per heavy atom. The summed E-state index contributed by atoms with van der Waals surface area (Å²) in [6.45, 7) is 1.93. The van der Waals surface area contributed by atoms with Crippen molar-refractivity contribution in [1.82, 2.24) is 14.8 Å². The van der Waals surface area contributed by atoms with Crippen LogP contribution >= 0.6 is 11.3 Å². The molecule has 4 nitrogen and oxygen atoms in total. The normalized spacial score (nSPS) is 11.1. The van der Waals surface area contributed by atoms with Crippen molar-refractivity contribution in [3.8, 4) is 11.3 Å². The van der Waals surface area contributed by atoms with Crippen molar-refractivity contribution < 1.29 is 4.39 Å². The van der Waals surface area contributed by atoms with E-state index in [0.717, 1.165) is 15.3 Å². The fourth-order valence-electron chi connectivity index (χ4n) is 2.75. The Labute approximate surface area is 147 Å². The van der Waals surface area contributed by atoms with Gasteiger partial charge in [0.15, 0.2) is 5.52 Å². The van der Waals surface area contributed by atoms with Crippen LogP contribution in [0.25, 0.3) is 21.5 Å². The highest BCUT2D eigenvalue weighted by Gasteiger charge is 2.17. The lowest BCUT2D eigenvalue weighted by Crippen LogP contribution is -2.24. The molecule has 0 aliphatic carbocycles. The molecule has 0 aliphatic heterocycles. The number of rotatable bonds is 3. The molecule has 0 atom stereocenters. The molecule has 0 fully saturated rings. The number of aromatic nitrogens is 3. The molecule has 2 aromatic heterocycles. The van der Waals surface area contributed by atoms with Crippen LogP contribution in [0.15, 0.2) is 59.4 Å². The molecule has 0 radical (unpaired) electrons. The average Bonchev–Trinajstić information content (AvgIpc) is 3.02. The highest BCUT2D eigenvalue weighted by Crippen LogP contribution is 2.29. The summed E-state index contributed by atoms with van der Waals surface area (Å²) >= 11 is 1.44. The number of halogens is 1. The minimum Gasteiger partial charge on any atom is -0.265 e. The molecule has 0 aliphatic rings. The lowest BCUT2D eigenvalue weighted by Gasteiger charge is -2.09. The van der Waals surface area contributed by atoms with E-state index in [9.17, 15) is 9.18 Å². The van der Waals surface area contributed by atoms with Crippen LogP contribution in [0.3, 0.4) is 0 Å². The third-order valence-electron chi connectivity index (χ3n) is 3.93. The molecule has 6 heteroatoms. The molecule has 2 heterocycles. The summed E-state index contributed by atoms with van der Waals surface area (Å²) in [5.74, 6) is -0.355. The number of hydrogen-bond acceptors (Lipinski definition) is 4. The molecule has 0 bridgehead atoms. The molecule has 0 saturated carbocycles. The third-order valence-corrected chi connectivity index (χ3v) is 4.91. The third kappa shape index (κ3) is 2.85. The van der Waals surface area contributed by atoms with E-state index in [1.54, 1.807) is 18.2 Å². The number of hydrogen-bond donors (Lipinski definition) is 0. The van der Waals surface area contributed by atoms with Gasteiger partial charge in [-0.25, -0.2) is 14.1 Å². The largest absolute Gasteiger partial charge is 0.294 e. The summed E-state index contributed by atoms with van der Waals surface area (Å²) in [4.78, 5) is 17.1. The fraction of sp³-hybridized carbons (Fsp3) is 0.105. The topological polar surface area (TPSA) is 47.8 Å². The number of fused-ring (bicyclic) bond motifs is 1. The van der Waals surface area contributed by atoms with Gasteiger partial charge in [-0.1, -0.05) is 48.5 Å². The fourth-order valence-corrected chi connectivity index (χ4v) is 3.66. The number of nitrogens with zero attached hydrogens (tertiary/aromatic N) is 3. The zero-order valence-corrected chi connectivity index (χ0v) is 14.3. The van der Waals surface area contributed by atoms with E-state index < -0.39 is 0 Å². The van der Waals surface area contributed by atoms with Crippen LogP contribution in [-0.2, 0) is 6.54 Å². The summed E-state index contributed by atoms with van der Waals surface area (Å²) in [5, 5.41) is 5.33.